The molecule has 122 valence electrons. The molecule has 0 aliphatic carbocycles. The Morgan fingerprint density at radius 3 is 2.57 bits per heavy atom. The number of aromatic nitrogens is 1. The van der Waals surface area contributed by atoms with Crippen molar-refractivity contribution in [1.29, 1.82) is 0 Å². The van der Waals surface area contributed by atoms with Crippen LogP contribution in [0.2, 0.25) is 0 Å². The molecule has 8 heteroatoms. The third kappa shape index (κ3) is 5.03. The van der Waals surface area contributed by atoms with E-state index in [4.69, 9.17) is 0 Å². The molecule has 0 fully saturated rings. The molecule has 0 bridgehead atoms. The molecule has 1 aromatic heterocycles. The number of carbonyl (C=O) groups is 3. The minimum atomic E-state index is -0.896. The molecule has 0 aliphatic rings. The van der Waals surface area contributed by atoms with E-state index < -0.39 is 11.8 Å². The van der Waals surface area contributed by atoms with Crippen LogP contribution in [-0.4, -0.2) is 28.7 Å². The second-order valence-corrected chi connectivity index (χ2v) is 6.32. The SMILES string of the molecule is CC(C)NC(=O)C(=O)NNC(=O)CCc1nc2ccccc2s1. The first-order valence-electron chi connectivity index (χ1n) is 7.20. The van der Waals surface area contributed by atoms with Crippen LogP contribution in [0.25, 0.3) is 10.2 Å². The highest BCUT2D eigenvalue weighted by Crippen LogP contribution is 2.22. The van der Waals surface area contributed by atoms with E-state index in [2.05, 4.69) is 21.2 Å². The lowest BCUT2D eigenvalue weighted by Gasteiger charge is -2.09. The fraction of sp³-hybridized carbons (Fsp3) is 0.333. The van der Waals surface area contributed by atoms with Crippen molar-refractivity contribution in [2.45, 2.75) is 32.7 Å². The van der Waals surface area contributed by atoms with Gasteiger partial charge in [0.15, 0.2) is 0 Å². The van der Waals surface area contributed by atoms with Gasteiger partial charge in [0.1, 0.15) is 0 Å². The van der Waals surface area contributed by atoms with Gasteiger partial charge in [0.25, 0.3) is 0 Å². The van der Waals surface area contributed by atoms with E-state index in [-0.39, 0.29) is 18.4 Å². The number of thiazole rings is 1. The van der Waals surface area contributed by atoms with Crippen molar-refractivity contribution >= 4 is 39.3 Å². The number of amides is 3. The number of hydrogen-bond acceptors (Lipinski definition) is 5. The molecule has 0 spiro atoms. The van der Waals surface area contributed by atoms with Crippen LogP contribution in [0, 0.1) is 0 Å². The Kier molecular flexibility index (Phi) is 5.64. The molecule has 1 aromatic carbocycles. The average molecular weight is 334 g/mol. The number of para-hydroxylation sites is 1. The summed E-state index contributed by atoms with van der Waals surface area (Å²) in [6, 6.07) is 7.60. The average Bonchev–Trinajstić information content (AvgIpc) is 2.92. The van der Waals surface area contributed by atoms with E-state index in [9.17, 15) is 14.4 Å². The van der Waals surface area contributed by atoms with E-state index in [1.54, 1.807) is 13.8 Å². The van der Waals surface area contributed by atoms with Crippen LogP contribution in [-0.2, 0) is 20.8 Å². The molecule has 7 nitrogen and oxygen atoms in total. The molecule has 2 rings (SSSR count). The molecule has 0 unspecified atom stereocenters. The first-order chi connectivity index (χ1) is 11.0. The molecular weight excluding hydrogens is 316 g/mol. The molecule has 0 aliphatic heterocycles. The van der Waals surface area contributed by atoms with E-state index >= 15 is 0 Å². The van der Waals surface area contributed by atoms with Gasteiger partial charge in [-0.3, -0.25) is 25.2 Å². The first-order valence-corrected chi connectivity index (χ1v) is 8.01. The van der Waals surface area contributed by atoms with Gasteiger partial charge >= 0.3 is 11.8 Å². The molecule has 2 aromatic rings. The Labute approximate surface area is 137 Å². The number of hydrazine groups is 1. The van der Waals surface area contributed by atoms with Crippen LogP contribution < -0.4 is 16.2 Å². The first kappa shape index (κ1) is 16.9. The third-order valence-corrected chi connectivity index (χ3v) is 3.94. The molecule has 1 heterocycles. The summed E-state index contributed by atoms with van der Waals surface area (Å²) in [4.78, 5) is 38.9. The fourth-order valence-corrected chi connectivity index (χ4v) is 2.79. The summed E-state index contributed by atoms with van der Waals surface area (Å²) in [7, 11) is 0. The second-order valence-electron chi connectivity index (χ2n) is 5.21. The summed E-state index contributed by atoms with van der Waals surface area (Å²) in [5.74, 6) is -2.06. The summed E-state index contributed by atoms with van der Waals surface area (Å²) in [6.07, 6.45) is 0.644. The van der Waals surface area contributed by atoms with Crippen molar-refractivity contribution in [3.63, 3.8) is 0 Å². The highest BCUT2D eigenvalue weighted by atomic mass is 32.1. The van der Waals surface area contributed by atoms with E-state index in [1.807, 2.05) is 24.3 Å². The summed E-state index contributed by atoms with van der Waals surface area (Å²) in [5.41, 5.74) is 5.21. The summed E-state index contributed by atoms with van der Waals surface area (Å²) >= 11 is 1.53. The van der Waals surface area contributed by atoms with Gasteiger partial charge in [-0.2, -0.15) is 0 Å². The van der Waals surface area contributed by atoms with Crippen molar-refractivity contribution in [3.05, 3.63) is 29.3 Å². The zero-order valence-corrected chi connectivity index (χ0v) is 13.7. The number of nitrogens with one attached hydrogen (secondary N) is 3. The van der Waals surface area contributed by atoms with Gasteiger partial charge in [0.05, 0.1) is 15.2 Å². The highest BCUT2D eigenvalue weighted by molar-refractivity contribution is 7.18. The van der Waals surface area contributed by atoms with Gasteiger partial charge in [0, 0.05) is 18.9 Å². The van der Waals surface area contributed by atoms with E-state index in [1.165, 1.54) is 11.3 Å². The van der Waals surface area contributed by atoms with Crippen LogP contribution in [0.5, 0.6) is 0 Å². The molecular formula is C15H18N4O3S. The second kappa shape index (κ2) is 7.68. The topological polar surface area (TPSA) is 100 Å². The minimum Gasteiger partial charge on any atom is -0.346 e. The van der Waals surface area contributed by atoms with Crippen molar-refractivity contribution < 1.29 is 14.4 Å². The summed E-state index contributed by atoms with van der Waals surface area (Å²) < 4.78 is 1.07. The number of hydrogen-bond donors (Lipinski definition) is 3. The Bertz CT molecular complexity index is 693. The van der Waals surface area contributed by atoms with Gasteiger partial charge < -0.3 is 5.32 Å². The molecule has 3 amide bonds. The van der Waals surface area contributed by atoms with Crippen molar-refractivity contribution in [3.8, 4) is 0 Å². The molecule has 0 atom stereocenters. The lowest BCUT2D eigenvalue weighted by molar-refractivity contribution is -0.141. The van der Waals surface area contributed by atoms with Crippen LogP contribution in [0.1, 0.15) is 25.3 Å². The largest absolute Gasteiger partial charge is 0.346 e. The molecule has 0 saturated heterocycles. The van der Waals surface area contributed by atoms with E-state index in [0.717, 1.165) is 15.2 Å². The number of benzene rings is 1. The summed E-state index contributed by atoms with van der Waals surface area (Å²) in [5, 5.41) is 3.28. The van der Waals surface area contributed by atoms with Crippen LogP contribution in [0.3, 0.4) is 0 Å². The Morgan fingerprint density at radius 2 is 1.87 bits per heavy atom. The molecule has 0 saturated carbocycles. The van der Waals surface area contributed by atoms with Crippen molar-refractivity contribution in [2.75, 3.05) is 0 Å². The highest BCUT2D eigenvalue weighted by Gasteiger charge is 2.15. The van der Waals surface area contributed by atoms with Gasteiger partial charge in [-0.15, -0.1) is 11.3 Å². The van der Waals surface area contributed by atoms with Crippen LogP contribution >= 0.6 is 11.3 Å². The van der Waals surface area contributed by atoms with Crippen LogP contribution in [0.4, 0.5) is 0 Å². The lowest BCUT2D eigenvalue weighted by Crippen LogP contribution is -2.49. The van der Waals surface area contributed by atoms with Crippen molar-refractivity contribution in [2.24, 2.45) is 0 Å². The Hall–Kier alpha value is -2.48. The standard InChI is InChI=1S/C15H18N4O3S/c1-9(2)16-14(21)15(22)19-18-12(20)7-8-13-17-10-5-3-4-6-11(10)23-13/h3-6,9H,7-8H2,1-2H3,(H,16,21)(H,18,20)(H,19,22). The number of aryl methyl sites for hydroxylation is 1. The van der Waals surface area contributed by atoms with Crippen LogP contribution in [0.15, 0.2) is 24.3 Å². The minimum absolute atomic E-state index is 0.150. The van der Waals surface area contributed by atoms with Gasteiger partial charge in [0.2, 0.25) is 5.91 Å². The number of carbonyl (C=O) groups excluding carboxylic acids is 3. The van der Waals surface area contributed by atoms with Gasteiger partial charge in [-0.1, -0.05) is 12.1 Å². The van der Waals surface area contributed by atoms with Crippen molar-refractivity contribution in [1.82, 2.24) is 21.2 Å². The number of nitrogens with zero attached hydrogens (tertiary/aromatic N) is 1. The zero-order valence-electron chi connectivity index (χ0n) is 12.9. The lowest BCUT2D eigenvalue weighted by atomic mass is 10.3. The number of rotatable bonds is 4. The maximum atomic E-state index is 11.7. The Morgan fingerprint density at radius 1 is 1.13 bits per heavy atom. The zero-order chi connectivity index (χ0) is 16.8. The smallest absolute Gasteiger partial charge is 0.327 e. The molecule has 23 heavy (non-hydrogen) atoms. The van der Waals surface area contributed by atoms with E-state index in [0.29, 0.717) is 6.42 Å². The predicted molar refractivity (Wildman–Crippen MR) is 87.5 cm³/mol. The normalized spacial score (nSPS) is 10.6. The quantitative estimate of drug-likeness (QED) is 0.571. The monoisotopic (exact) mass is 334 g/mol. The fourth-order valence-electron chi connectivity index (χ4n) is 1.82. The third-order valence-electron chi connectivity index (χ3n) is 2.85. The Balaban J connectivity index is 1.76. The maximum absolute atomic E-state index is 11.7. The molecule has 3 N–H and O–H groups in total. The van der Waals surface area contributed by atoms with Gasteiger partial charge in [-0.25, -0.2) is 4.98 Å². The van der Waals surface area contributed by atoms with Gasteiger partial charge in [-0.05, 0) is 26.0 Å². The maximum Gasteiger partial charge on any atom is 0.327 e. The summed E-state index contributed by atoms with van der Waals surface area (Å²) in [6.45, 7) is 3.48. The predicted octanol–water partition coefficient (Wildman–Crippen LogP) is 0.901. The number of fused-ring (bicyclic) bond motifs is 1. The molecule has 0 radical (unpaired) electrons.